The molecular formula is C18H17F4NO2. The molecule has 0 saturated carbocycles. The quantitative estimate of drug-likeness (QED) is 0.790. The summed E-state index contributed by atoms with van der Waals surface area (Å²) < 4.78 is 56.8. The van der Waals surface area contributed by atoms with Crippen LogP contribution in [0.3, 0.4) is 0 Å². The molecule has 7 heteroatoms. The molecule has 0 aliphatic rings. The second kappa shape index (κ2) is 8.11. The van der Waals surface area contributed by atoms with Gasteiger partial charge in [-0.3, -0.25) is 4.79 Å². The lowest BCUT2D eigenvalue weighted by Crippen LogP contribution is -2.36. The Morgan fingerprint density at radius 3 is 2.48 bits per heavy atom. The maximum absolute atomic E-state index is 13.2. The number of alkyl halides is 3. The minimum absolute atomic E-state index is 0.188. The number of hydrogen-bond donors (Lipinski definition) is 1. The first-order valence-electron chi connectivity index (χ1n) is 7.56. The number of amides is 1. The second-order valence-electron chi connectivity index (χ2n) is 5.57. The van der Waals surface area contributed by atoms with Crippen LogP contribution in [0.15, 0.2) is 48.5 Å². The van der Waals surface area contributed by atoms with Crippen LogP contribution in [0.5, 0.6) is 0 Å². The van der Waals surface area contributed by atoms with Gasteiger partial charge in [0.2, 0.25) is 0 Å². The van der Waals surface area contributed by atoms with E-state index in [0.29, 0.717) is 18.7 Å². The standard InChI is InChI=1S/C18H17F4NO2/c1-12(10-25-11-13-5-3-2-4-6-13)23-17(24)14-7-8-16(19)15(9-14)18(20,21)22/h2-9,12H,10-11H2,1H3,(H,23,24). The molecule has 0 radical (unpaired) electrons. The predicted molar refractivity (Wildman–Crippen MR) is 84.4 cm³/mol. The normalized spacial score (nSPS) is 12.7. The van der Waals surface area contributed by atoms with Crippen LogP contribution in [-0.2, 0) is 17.5 Å². The Balaban J connectivity index is 1.90. The van der Waals surface area contributed by atoms with Crippen molar-refractivity contribution in [2.24, 2.45) is 0 Å². The highest BCUT2D eigenvalue weighted by Crippen LogP contribution is 2.31. The van der Waals surface area contributed by atoms with Crippen molar-refractivity contribution in [1.29, 1.82) is 0 Å². The molecule has 2 aromatic carbocycles. The molecule has 1 unspecified atom stereocenters. The van der Waals surface area contributed by atoms with Crippen molar-refractivity contribution in [2.75, 3.05) is 6.61 Å². The molecule has 1 N–H and O–H groups in total. The Labute approximate surface area is 142 Å². The molecule has 0 bridgehead atoms. The van der Waals surface area contributed by atoms with Gasteiger partial charge in [0.1, 0.15) is 5.82 Å². The van der Waals surface area contributed by atoms with Gasteiger partial charge >= 0.3 is 6.18 Å². The van der Waals surface area contributed by atoms with Crippen LogP contribution in [0.4, 0.5) is 17.6 Å². The lowest BCUT2D eigenvalue weighted by atomic mass is 10.1. The monoisotopic (exact) mass is 355 g/mol. The maximum atomic E-state index is 13.2. The van der Waals surface area contributed by atoms with E-state index in [1.54, 1.807) is 6.92 Å². The summed E-state index contributed by atoms with van der Waals surface area (Å²) in [7, 11) is 0. The molecule has 0 aromatic heterocycles. The molecule has 0 aliphatic heterocycles. The minimum Gasteiger partial charge on any atom is -0.375 e. The third-order valence-electron chi connectivity index (χ3n) is 3.39. The Hall–Kier alpha value is -2.41. The zero-order chi connectivity index (χ0) is 18.4. The van der Waals surface area contributed by atoms with Crippen LogP contribution in [0.25, 0.3) is 0 Å². The van der Waals surface area contributed by atoms with Crippen LogP contribution in [-0.4, -0.2) is 18.6 Å². The maximum Gasteiger partial charge on any atom is 0.419 e. The van der Waals surface area contributed by atoms with E-state index in [2.05, 4.69) is 5.32 Å². The summed E-state index contributed by atoms with van der Waals surface area (Å²) in [6.45, 7) is 2.21. The fourth-order valence-corrected chi connectivity index (χ4v) is 2.16. The minimum atomic E-state index is -4.86. The highest BCUT2D eigenvalue weighted by molar-refractivity contribution is 5.94. The lowest BCUT2D eigenvalue weighted by molar-refractivity contribution is -0.140. The molecule has 2 rings (SSSR count). The van der Waals surface area contributed by atoms with Crippen molar-refractivity contribution in [3.63, 3.8) is 0 Å². The fourth-order valence-electron chi connectivity index (χ4n) is 2.16. The molecule has 25 heavy (non-hydrogen) atoms. The summed E-state index contributed by atoms with van der Waals surface area (Å²) in [5, 5.41) is 2.53. The van der Waals surface area contributed by atoms with E-state index in [1.807, 2.05) is 30.3 Å². The molecule has 0 fully saturated rings. The Morgan fingerprint density at radius 1 is 1.16 bits per heavy atom. The van der Waals surface area contributed by atoms with E-state index < -0.39 is 29.5 Å². The first-order valence-corrected chi connectivity index (χ1v) is 7.56. The van der Waals surface area contributed by atoms with Crippen molar-refractivity contribution in [1.82, 2.24) is 5.32 Å². The van der Waals surface area contributed by atoms with Gasteiger partial charge in [0.15, 0.2) is 0 Å². The molecule has 2 aromatic rings. The Morgan fingerprint density at radius 2 is 1.84 bits per heavy atom. The summed E-state index contributed by atoms with van der Waals surface area (Å²) in [6, 6.07) is 11.1. The van der Waals surface area contributed by atoms with Gasteiger partial charge in [-0.2, -0.15) is 13.2 Å². The fraction of sp³-hybridized carbons (Fsp3) is 0.278. The molecule has 1 amide bonds. The number of nitrogens with one attached hydrogen (secondary N) is 1. The van der Waals surface area contributed by atoms with Gasteiger partial charge in [-0.05, 0) is 30.7 Å². The van der Waals surface area contributed by atoms with E-state index in [0.717, 1.165) is 11.6 Å². The highest BCUT2D eigenvalue weighted by Gasteiger charge is 2.34. The van der Waals surface area contributed by atoms with Crippen molar-refractivity contribution in [2.45, 2.75) is 25.7 Å². The van der Waals surface area contributed by atoms with E-state index in [9.17, 15) is 22.4 Å². The molecule has 0 spiro atoms. The second-order valence-corrected chi connectivity index (χ2v) is 5.57. The van der Waals surface area contributed by atoms with Gasteiger partial charge in [-0.25, -0.2) is 4.39 Å². The number of halogens is 4. The van der Waals surface area contributed by atoms with E-state index in [4.69, 9.17) is 4.74 Å². The molecule has 0 saturated heterocycles. The summed E-state index contributed by atoms with van der Waals surface area (Å²) in [6.07, 6.45) is -4.86. The average Bonchev–Trinajstić information content (AvgIpc) is 2.55. The van der Waals surface area contributed by atoms with Crippen molar-refractivity contribution < 1.29 is 27.1 Å². The molecular weight excluding hydrogens is 338 g/mol. The molecule has 3 nitrogen and oxygen atoms in total. The number of ether oxygens (including phenoxy) is 1. The summed E-state index contributed by atoms with van der Waals surface area (Å²) >= 11 is 0. The number of rotatable bonds is 6. The first kappa shape index (κ1) is 18.9. The molecule has 1 atom stereocenters. The van der Waals surface area contributed by atoms with Gasteiger partial charge in [-0.1, -0.05) is 30.3 Å². The predicted octanol–water partition coefficient (Wildman–Crippen LogP) is 4.18. The molecule has 0 aliphatic carbocycles. The van der Waals surface area contributed by atoms with Crippen LogP contribution in [0.2, 0.25) is 0 Å². The van der Waals surface area contributed by atoms with Crippen LogP contribution in [0.1, 0.15) is 28.4 Å². The van der Waals surface area contributed by atoms with E-state index in [-0.39, 0.29) is 12.2 Å². The Kier molecular flexibility index (Phi) is 6.14. The third-order valence-corrected chi connectivity index (χ3v) is 3.39. The van der Waals surface area contributed by atoms with Crippen molar-refractivity contribution in [3.05, 3.63) is 71.0 Å². The van der Waals surface area contributed by atoms with Gasteiger partial charge in [0.05, 0.1) is 18.8 Å². The number of hydrogen-bond acceptors (Lipinski definition) is 2. The van der Waals surface area contributed by atoms with Gasteiger partial charge in [-0.15, -0.1) is 0 Å². The number of carbonyl (C=O) groups is 1. The Bertz CT molecular complexity index is 717. The SMILES string of the molecule is CC(COCc1ccccc1)NC(=O)c1ccc(F)c(C(F)(F)F)c1. The summed E-state index contributed by atoms with van der Waals surface area (Å²) in [4.78, 5) is 12.0. The topological polar surface area (TPSA) is 38.3 Å². The first-order chi connectivity index (χ1) is 11.8. The summed E-state index contributed by atoms with van der Waals surface area (Å²) in [5.41, 5.74) is -0.758. The van der Waals surface area contributed by atoms with Gasteiger partial charge in [0, 0.05) is 11.6 Å². The largest absolute Gasteiger partial charge is 0.419 e. The molecule has 0 heterocycles. The summed E-state index contributed by atoms with van der Waals surface area (Å²) in [5.74, 6) is -2.13. The van der Waals surface area contributed by atoms with Gasteiger partial charge < -0.3 is 10.1 Å². The van der Waals surface area contributed by atoms with Crippen molar-refractivity contribution in [3.8, 4) is 0 Å². The zero-order valence-corrected chi connectivity index (χ0v) is 13.4. The smallest absolute Gasteiger partial charge is 0.375 e. The van der Waals surface area contributed by atoms with Gasteiger partial charge in [0.25, 0.3) is 5.91 Å². The zero-order valence-electron chi connectivity index (χ0n) is 13.4. The van der Waals surface area contributed by atoms with Crippen LogP contribution < -0.4 is 5.32 Å². The van der Waals surface area contributed by atoms with Crippen LogP contribution >= 0.6 is 0 Å². The van der Waals surface area contributed by atoms with Crippen LogP contribution in [0, 0.1) is 5.82 Å². The van der Waals surface area contributed by atoms with E-state index >= 15 is 0 Å². The highest BCUT2D eigenvalue weighted by atomic mass is 19.4. The number of benzene rings is 2. The lowest BCUT2D eigenvalue weighted by Gasteiger charge is -2.15. The third kappa shape index (κ3) is 5.56. The van der Waals surface area contributed by atoms with Crippen molar-refractivity contribution >= 4 is 5.91 Å². The van der Waals surface area contributed by atoms with E-state index in [1.165, 1.54) is 0 Å². The number of carbonyl (C=O) groups excluding carboxylic acids is 1. The average molecular weight is 355 g/mol. The molecule has 134 valence electrons.